The van der Waals surface area contributed by atoms with Crippen molar-refractivity contribution in [1.82, 2.24) is 9.80 Å². The SMILES string of the molecule is CCc1cc2c(s1)S[C@@H](N(C(C)=O)C1CCCCC1)c1cc(CC)sc1S[C@H]2N(C(C)=O)C1CCCCC1. The van der Waals surface area contributed by atoms with Crippen molar-refractivity contribution < 1.29 is 9.59 Å². The van der Waals surface area contributed by atoms with Gasteiger partial charge in [-0.1, -0.05) is 75.9 Å². The summed E-state index contributed by atoms with van der Waals surface area (Å²) in [6.07, 6.45) is 13.8. The van der Waals surface area contributed by atoms with Gasteiger partial charge in [0.1, 0.15) is 10.7 Å². The number of thioether (sulfide) groups is 2. The van der Waals surface area contributed by atoms with Gasteiger partial charge in [0.2, 0.25) is 11.8 Å². The van der Waals surface area contributed by atoms with E-state index in [2.05, 4.69) is 35.8 Å². The topological polar surface area (TPSA) is 40.6 Å². The maximum Gasteiger partial charge on any atom is 0.220 e. The quantitative estimate of drug-likeness (QED) is 0.336. The molecule has 0 spiro atoms. The minimum Gasteiger partial charge on any atom is -0.323 e. The van der Waals surface area contributed by atoms with E-state index in [0.29, 0.717) is 12.1 Å². The van der Waals surface area contributed by atoms with Crippen molar-refractivity contribution in [3.8, 4) is 0 Å². The number of aryl methyl sites for hydroxylation is 2. The van der Waals surface area contributed by atoms with Gasteiger partial charge in [0.15, 0.2) is 0 Å². The van der Waals surface area contributed by atoms with Gasteiger partial charge in [-0.25, -0.2) is 0 Å². The summed E-state index contributed by atoms with van der Waals surface area (Å²) in [6, 6.07) is 5.36. The van der Waals surface area contributed by atoms with Crippen LogP contribution < -0.4 is 0 Å². The highest BCUT2D eigenvalue weighted by Crippen LogP contribution is 2.57. The maximum absolute atomic E-state index is 13.3. The number of carbonyl (C=O) groups excluding carboxylic acids is 2. The third-order valence-corrected chi connectivity index (χ3v) is 14.0. The van der Waals surface area contributed by atoms with Gasteiger partial charge < -0.3 is 9.80 Å². The Labute approximate surface area is 245 Å². The molecule has 2 aromatic rings. The molecule has 38 heavy (non-hydrogen) atoms. The number of hydrogen-bond donors (Lipinski definition) is 0. The lowest BCUT2D eigenvalue weighted by Crippen LogP contribution is -2.43. The Kier molecular flexibility index (Phi) is 9.54. The van der Waals surface area contributed by atoms with Gasteiger partial charge in [-0.15, -0.1) is 22.7 Å². The molecular formula is C30H42N2O2S4. The van der Waals surface area contributed by atoms with E-state index in [1.165, 1.54) is 67.8 Å². The fourth-order valence-corrected chi connectivity index (χ4v) is 12.5. The first-order chi connectivity index (χ1) is 18.4. The van der Waals surface area contributed by atoms with Crippen molar-refractivity contribution in [3.63, 3.8) is 0 Å². The standard InChI is InChI=1S/C30H42N2O2S4/c1-5-23-17-25-27(31(19(3)33)21-13-9-7-10-14-21)38-30-26(18-24(6-2)36-30)28(37-29(25)35-23)32(20(4)34)22-15-11-8-12-16-22/h17-18,21-22,27-28H,5-16H2,1-4H3/t27-,28-/m1/s1. The molecule has 4 nitrogen and oxygen atoms in total. The Balaban J connectivity index is 1.63. The minimum absolute atomic E-state index is 0.0156. The normalized spacial score (nSPS) is 22.7. The summed E-state index contributed by atoms with van der Waals surface area (Å²) in [5.74, 6) is 0.376. The first-order valence-electron chi connectivity index (χ1n) is 14.6. The van der Waals surface area contributed by atoms with Crippen LogP contribution in [0.3, 0.4) is 0 Å². The second-order valence-corrected chi connectivity index (χ2v) is 16.0. The summed E-state index contributed by atoms with van der Waals surface area (Å²) in [5, 5.41) is -0.0312. The third kappa shape index (κ3) is 5.89. The number of hydrogen-bond acceptors (Lipinski definition) is 6. The van der Waals surface area contributed by atoms with E-state index in [4.69, 9.17) is 0 Å². The average Bonchev–Trinajstić information content (AvgIpc) is 3.51. The molecule has 2 aliphatic carbocycles. The van der Waals surface area contributed by atoms with Gasteiger partial charge in [-0.3, -0.25) is 9.59 Å². The molecule has 2 atom stereocenters. The lowest BCUT2D eigenvalue weighted by atomic mass is 9.93. The molecule has 2 fully saturated rings. The molecule has 2 amide bonds. The van der Waals surface area contributed by atoms with Crippen LogP contribution >= 0.6 is 46.2 Å². The lowest BCUT2D eigenvalue weighted by Gasteiger charge is -2.42. The zero-order chi connectivity index (χ0) is 26.8. The predicted molar refractivity (Wildman–Crippen MR) is 163 cm³/mol. The molecule has 0 saturated heterocycles. The summed E-state index contributed by atoms with van der Waals surface area (Å²) < 4.78 is 2.59. The third-order valence-electron chi connectivity index (χ3n) is 8.39. The molecule has 1 aliphatic heterocycles. The first-order valence-corrected chi connectivity index (χ1v) is 18.0. The van der Waals surface area contributed by atoms with Crippen molar-refractivity contribution >= 4 is 58.0 Å². The molecule has 0 radical (unpaired) electrons. The highest BCUT2D eigenvalue weighted by Gasteiger charge is 2.40. The molecule has 3 heterocycles. The summed E-state index contributed by atoms with van der Waals surface area (Å²) in [6.45, 7) is 7.98. The van der Waals surface area contributed by atoms with Gasteiger partial charge in [0, 0.05) is 46.8 Å². The second-order valence-electron chi connectivity index (χ2n) is 11.0. The lowest BCUT2D eigenvalue weighted by molar-refractivity contribution is -0.133. The van der Waals surface area contributed by atoms with Crippen LogP contribution in [-0.4, -0.2) is 33.7 Å². The molecule has 5 rings (SSSR count). The van der Waals surface area contributed by atoms with Crippen molar-refractivity contribution in [1.29, 1.82) is 0 Å². The molecule has 0 N–H and O–H groups in total. The number of nitrogens with zero attached hydrogens (tertiary/aromatic N) is 2. The van der Waals surface area contributed by atoms with E-state index in [1.807, 2.05) is 46.2 Å². The Morgan fingerprint density at radius 3 is 1.37 bits per heavy atom. The number of fused-ring (bicyclic) bond motifs is 2. The predicted octanol–water partition coefficient (Wildman–Crippen LogP) is 9.19. The molecule has 3 aliphatic rings. The Morgan fingerprint density at radius 1 is 0.684 bits per heavy atom. The van der Waals surface area contributed by atoms with Crippen LogP contribution in [0.4, 0.5) is 0 Å². The van der Waals surface area contributed by atoms with Crippen molar-refractivity contribution in [2.24, 2.45) is 0 Å². The molecule has 208 valence electrons. The van der Waals surface area contributed by atoms with Crippen LogP contribution in [-0.2, 0) is 22.4 Å². The number of amides is 2. The number of thiophene rings is 2. The van der Waals surface area contributed by atoms with Crippen molar-refractivity contribution in [2.75, 3.05) is 0 Å². The van der Waals surface area contributed by atoms with Crippen molar-refractivity contribution in [3.05, 3.63) is 33.0 Å². The van der Waals surface area contributed by atoms with Crippen LogP contribution in [0.1, 0.15) is 124 Å². The highest BCUT2D eigenvalue weighted by atomic mass is 32.2. The van der Waals surface area contributed by atoms with Crippen LogP contribution in [0, 0.1) is 0 Å². The summed E-state index contributed by atoms with van der Waals surface area (Å²) in [4.78, 5) is 33.9. The van der Waals surface area contributed by atoms with E-state index >= 15 is 0 Å². The van der Waals surface area contributed by atoms with Gasteiger partial charge in [0.25, 0.3) is 0 Å². The van der Waals surface area contributed by atoms with E-state index < -0.39 is 0 Å². The van der Waals surface area contributed by atoms with Gasteiger partial charge in [-0.2, -0.15) is 0 Å². The smallest absolute Gasteiger partial charge is 0.220 e. The molecule has 2 aromatic heterocycles. The Bertz CT molecular complexity index is 1040. The van der Waals surface area contributed by atoms with Crippen LogP contribution in [0.15, 0.2) is 20.6 Å². The summed E-state index contributed by atoms with van der Waals surface area (Å²) in [5.41, 5.74) is 2.58. The fraction of sp³-hybridized carbons (Fsp3) is 0.667. The van der Waals surface area contributed by atoms with Crippen molar-refractivity contribution in [2.45, 2.75) is 136 Å². The maximum atomic E-state index is 13.3. The average molecular weight is 591 g/mol. The first kappa shape index (κ1) is 28.6. The molecule has 8 heteroatoms. The molecule has 2 saturated carbocycles. The van der Waals surface area contributed by atoms with Gasteiger partial charge >= 0.3 is 0 Å². The highest BCUT2D eigenvalue weighted by molar-refractivity contribution is 8.03. The van der Waals surface area contributed by atoms with E-state index in [9.17, 15) is 9.59 Å². The number of carbonyl (C=O) groups is 2. The van der Waals surface area contributed by atoms with Gasteiger partial charge in [0.05, 0.1) is 8.42 Å². The molecule has 0 bridgehead atoms. The Hall–Kier alpha value is -0.960. The van der Waals surface area contributed by atoms with Crippen LogP contribution in [0.5, 0.6) is 0 Å². The summed E-state index contributed by atoms with van der Waals surface area (Å²) in [7, 11) is 0. The zero-order valence-electron chi connectivity index (χ0n) is 23.3. The molecule has 0 aromatic carbocycles. The van der Waals surface area contributed by atoms with E-state index in [1.54, 1.807) is 13.8 Å². The van der Waals surface area contributed by atoms with Crippen LogP contribution in [0.25, 0.3) is 0 Å². The zero-order valence-corrected chi connectivity index (χ0v) is 26.6. The summed E-state index contributed by atoms with van der Waals surface area (Å²) >= 11 is 7.53. The second kappa shape index (κ2) is 12.7. The molecule has 0 unspecified atom stereocenters. The fourth-order valence-electron chi connectivity index (χ4n) is 6.45. The van der Waals surface area contributed by atoms with E-state index in [-0.39, 0.29) is 22.6 Å². The largest absolute Gasteiger partial charge is 0.323 e. The van der Waals surface area contributed by atoms with E-state index in [0.717, 1.165) is 38.5 Å². The monoisotopic (exact) mass is 590 g/mol. The van der Waals surface area contributed by atoms with Gasteiger partial charge in [-0.05, 0) is 50.7 Å². The molecular weight excluding hydrogens is 549 g/mol. The Morgan fingerprint density at radius 2 is 1.05 bits per heavy atom. The number of rotatable bonds is 6. The van der Waals surface area contributed by atoms with Crippen LogP contribution in [0.2, 0.25) is 0 Å². The minimum atomic E-state index is -0.0156.